The number of nitrogens with one attached hydrogen (secondary N) is 1. The number of rotatable bonds is 7. The summed E-state index contributed by atoms with van der Waals surface area (Å²) < 4.78 is 5.98. The van der Waals surface area contributed by atoms with Crippen LogP contribution in [0, 0.1) is 5.41 Å². The summed E-state index contributed by atoms with van der Waals surface area (Å²) in [6, 6.07) is 0.399. The third-order valence-corrected chi connectivity index (χ3v) is 5.57. The zero-order valence-electron chi connectivity index (χ0n) is 14.0. The first-order valence-corrected chi connectivity index (χ1v) is 8.67. The van der Waals surface area contributed by atoms with E-state index < -0.39 is 0 Å². The summed E-state index contributed by atoms with van der Waals surface area (Å²) in [5.41, 5.74) is 0.252. The molecule has 0 radical (unpaired) electrons. The molecule has 0 aromatic heterocycles. The minimum absolute atomic E-state index is 0.252. The van der Waals surface area contributed by atoms with Gasteiger partial charge in [0.15, 0.2) is 0 Å². The van der Waals surface area contributed by atoms with Crippen LogP contribution in [0.2, 0.25) is 0 Å². The predicted molar refractivity (Wildman–Crippen MR) is 85.3 cm³/mol. The summed E-state index contributed by atoms with van der Waals surface area (Å²) in [4.78, 5) is 14.4. The van der Waals surface area contributed by atoms with E-state index in [1.165, 1.54) is 32.1 Å². The Bertz CT molecular complexity index is 340. The van der Waals surface area contributed by atoms with Crippen LogP contribution >= 0.6 is 0 Å². The third-order valence-electron chi connectivity index (χ3n) is 5.57. The highest BCUT2D eigenvalue weighted by atomic mass is 16.5. The molecule has 1 N–H and O–H groups in total. The lowest BCUT2D eigenvalue weighted by Crippen LogP contribution is -2.65. The molecule has 4 heteroatoms. The quantitative estimate of drug-likeness (QED) is 0.734. The van der Waals surface area contributed by atoms with Crippen molar-refractivity contribution in [2.24, 2.45) is 5.41 Å². The molecule has 0 aromatic carbocycles. The van der Waals surface area contributed by atoms with Gasteiger partial charge in [-0.3, -0.25) is 4.79 Å². The van der Waals surface area contributed by atoms with Gasteiger partial charge in [-0.15, -0.1) is 0 Å². The van der Waals surface area contributed by atoms with Crippen LogP contribution in [0.5, 0.6) is 0 Å². The molecule has 21 heavy (non-hydrogen) atoms. The van der Waals surface area contributed by atoms with Crippen molar-refractivity contribution < 1.29 is 9.53 Å². The highest BCUT2D eigenvalue weighted by Gasteiger charge is 2.57. The second-order valence-corrected chi connectivity index (χ2v) is 6.70. The van der Waals surface area contributed by atoms with Crippen molar-refractivity contribution in [3.05, 3.63) is 0 Å². The Labute approximate surface area is 129 Å². The van der Waals surface area contributed by atoms with Gasteiger partial charge >= 0.3 is 0 Å². The van der Waals surface area contributed by atoms with Gasteiger partial charge in [0.2, 0.25) is 5.91 Å². The molecule has 2 unspecified atom stereocenters. The molecule has 2 aliphatic carbocycles. The maximum atomic E-state index is 12.4. The Kier molecular flexibility index (Phi) is 6.06. The summed E-state index contributed by atoms with van der Waals surface area (Å²) in [6.07, 6.45) is 9.38. The minimum atomic E-state index is 0.252. The van der Waals surface area contributed by atoms with Gasteiger partial charge in [0.1, 0.15) is 0 Å². The van der Waals surface area contributed by atoms with Crippen molar-refractivity contribution in [3.8, 4) is 0 Å². The molecular weight excluding hydrogens is 264 g/mol. The number of hydrogen-bond acceptors (Lipinski definition) is 3. The first-order chi connectivity index (χ1) is 10.2. The van der Waals surface area contributed by atoms with Crippen LogP contribution in [-0.2, 0) is 9.53 Å². The standard InChI is InChI=1S/C17H32N2O2/c1-4-21-15-13-14(17(15)10-6-5-7-11-17)19(3)16(20)9-8-12-18-2/h14-15,18H,4-13H2,1-3H3. The van der Waals surface area contributed by atoms with Gasteiger partial charge in [-0.25, -0.2) is 0 Å². The van der Waals surface area contributed by atoms with Crippen LogP contribution in [-0.4, -0.2) is 50.2 Å². The highest BCUT2D eigenvalue weighted by molar-refractivity contribution is 5.76. The fourth-order valence-corrected chi connectivity index (χ4v) is 4.34. The van der Waals surface area contributed by atoms with Crippen molar-refractivity contribution in [1.82, 2.24) is 10.2 Å². The molecule has 2 aliphatic rings. The Morgan fingerprint density at radius 2 is 2.05 bits per heavy atom. The zero-order chi connectivity index (χ0) is 15.3. The fraction of sp³-hybridized carbons (Fsp3) is 0.941. The molecule has 0 bridgehead atoms. The molecule has 2 atom stereocenters. The predicted octanol–water partition coefficient (Wildman–Crippen LogP) is 2.57. The van der Waals surface area contributed by atoms with Crippen molar-refractivity contribution in [3.63, 3.8) is 0 Å². The summed E-state index contributed by atoms with van der Waals surface area (Å²) in [6.45, 7) is 3.78. The Hall–Kier alpha value is -0.610. The fourth-order valence-electron chi connectivity index (χ4n) is 4.34. The Morgan fingerprint density at radius 1 is 1.33 bits per heavy atom. The molecule has 0 saturated heterocycles. The summed E-state index contributed by atoms with van der Waals surface area (Å²) in [7, 11) is 3.94. The van der Waals surface area contributed by atoms with Crippen LogP contribution in [0.3, 0.4) is 0 Å². The normalized spacial score (nSPS) is 27.4. The van der Waals surface area contributed by atoms with Crippen LogP contribution in [0.4, 0.5) is 0 Å². The summed E-state index contributed by atoms with van der Waals surface area (Å²) >= 11 is 0. The number of amides is 1. The van der Waals surface area contributed by atoms with Crippen LogP contribution in [0.25, 0.3) is 0 Å². The lowest BCUT2D eigenvalue weighted by atomic mass is 9.54. The molecule has 1 spiro atoms. The second-order valence-electron chi connectivity index (χ2n) is 6.70. The second kappa shape index (κ2) is 7.59. The first-order valence-electron chi connectivity index (χ1n) is 8.67. The average molecular weight is 296 g/mol. The van der Waals surface area contributed by atoms with Crippen LogP contribution < -0.4 is 5.32 Å². The van der Waals surface area contributed by atoms with Gasteiger partial charge in [0.25, 0.3) is 0 Å². The molecular formula is C17H32N2O2. The molecule has 0 aliphatic heterocycles. The van der Waals surface area contributed by atoms with E-state index in [1.807, 2.05) is 19.0 Å². The SMILES string of the molecule is CCOC1CC(N(C)C(=O)CCCNC)C12CCCCC2. The molecule has 2 fully saturated rings. The number of nitrogens with zero attached hydrogens (tertiary/aromatic N) is 1. The van der Waals surface area contributed by atoms with E-state index in [9.17, 15) is 4.79 Å². The average Bonchev–Trinajstić information content (AvgIpc) is 2.51. The third kappa shape index (κ3) is 3.42. The van der Waals surface area contributed by atoms with E-state index in [4.69, 9.17) is 4.74 Å². The number of carbonyl (C=O) groups excluding carboxylic acids is 1. The Morgan fingerprint density at radius 3 is 2.67 bits per heavy atom. The van der Waals surface area contributed by atoms with E-state index in [0.29, 0.717) is 24.5 Å². The van der Waals surface area contributed by atoms with E-state index in [2.05, 4.69) is 12.2 Å². The molecule has 0 heterocycles. The van der Waals surface area contributed by atoms with Crippen LogP contribution in [0.15, 0.2) is 0 Å². The van der Waals surface area contributed by atoms with Crippen molar-refractivity contribution in [2.45, 2.75) is 70.4 Å². The topological polar surface area (TPSA) is 41.6 Å². The minimum Gasteiger partial charge on any atom is -0.378 e. The molecule has 2 saturated carbocycles. The van der Waals surface area contributed by atoms with Gasteiger partial charge in [-0.05, 0) is 46.2 Å². The van der Waals surface area contributed by atoms with E-state index in [0.717, 1.165) is 26.0 Å². The molecule has 4 nitrogen and oxygen atoms in total. The van der Waals surface area contributed by atoms with Gasteiger partial charge < -0.3 is 15.0 Å². The van der Waals surface area contributed by atoms with Crippen molar-refractivity contribution >= 4 is 5.91 Å². The smallest absolute Gasteiger partial charge is 0.222 e. The molecule has 1 amide bonds. The number of ether oxygens (including phenoxy) is 1. The van der Waals surface area contributed by atoms with E-state index >= 15 is 0 Å². The molecule has 2 rings (SSSR count). The largest absolute Gasteiger partial charge is 0.378 e. The number of carbonyl (C=O) groups is 1. The zero-order valence-corrected chi connectivity index (χ0v) is 14.0. The maximum absolute atomic E-state index is 12.4. The monoisotopic (exact) mass is 296 g/mol. The van der Waals surface area contributed by atoms with E-state index in [1.54, 1.807) is 0 Å². The van der Waals surface area contributed by atoms with Crippen molar-refractivity contribution in [2.75, 3.05) is 27.2 Å². The van der Waals surface area contributed by atoms with Crippen molar-refractivity contribution in [1.29, 1.82) is 0 Å². The molecule has 0 aromatic rings. The van der Waals surface area contributed by atoms with Gasteiger partial charge in [0.05, 0.1) is 6.10 Å². The highest BCUT2D eigenvalue weighted by Crippen LogP contribution is 2.55. The summed E-state index contributed by atoms with van der Waals surface area (Å²) in [5.74, 6) is 0.301. The van der Waals surface area contributed by atoms with E-state index in [-0.39, 0.29) is 5.41 Å². The van der Waals surface area contributed by atoms with Crippen LogP contribution in [0.1, 0.15) is 58.3 Å². The molecule has 122 valence electrons. The van der Waals surface area contributed by atoms with Gasteiger partial charge in [-0.2, -0.15) is 0 Å². The first kappa shape index (κ1) is 16.8. The lowest BCUT2D eigenvalue weighted by molar-refractivity contribution is -0.185. The summed E-state index contributed by atoms with van der Waals surface area (Å²) in [5, 5.41) is 3.11. The Balaban J connectivity index is 1.96. The maximum Gasteiger partial charge on any atom is 0.222 e. The van der Waals surface area contributed by atoms with Gasteiger partial charge in [-0.1, -0.05) is 19.3 Å². The lowest BCUT2D eigenvalue weighted by Gasteiger charge is -2.60. The number of hydrogen-bond donors (Lipinski definition) is 1. The van der Waals surface area contributed by atoms with Gasteiger partial charge in [0, 0.05) is 31.5 Å².